The first-order chi connectivity index (χ1) is 20.7. The largest absolute Gasteiger partial charge is 0.380 e. The van der Waals surface area contributed by atoms with Gasteiger partial charge in [-0.25, -0.2) is 17.2 Å². The van der Waals surface area contributed by atoms with Crippen molar-refractivity contribution in [2.24, 2.45) is 0 Å². The minimum absolute atomic E-state index is 0.0681. The quantitative estimate of drug-likeness (QED) is 0.304. The molecule has 1 amide bonds. The van der Waals surface area contributed by atoms with E-state index in [0.29, 0.717) is 48.2 Å². The molecule has 1 aromatic heterocycles. The van der Waals surface area contributed by atoms with Crippen LogP contribution in [0.2, 0.25) is 0 Å². The van der Waals surface area contributed by atoms with E-state index >= 15 is 0 Å². The molecule has 0 spiro atoms. The summed E-state index contributed by atoms with van der Waals surface area (Å²) in [6, 6.07) is 8.24. The molecule has 4 N–H and O–H groups in total. The van der Waals surface area contributed by atoms with Gasteiger partial charge in [-0.15, -0.1) is 0 Å². The number of amides is 1. The summed E-state index contributed by atoms with van der Waals surface area (Å²) < 4.78 is 60.7. The van der Waals surface area contributed by atoms with Gasteiger partial charge in [-0.2, -0.15) is 9.40 Å². The van der Waals surface area contributed by atoms with Gasteiger partial charge in [0.15, 0.2) is 5.82 Å². The molecule has 0 aliphatic carbocycles. The zero-order valence-corrected chi connectivity index (χ0v) is 24.6. The highest BCUT2D eigenvalue weighted by atomic mass is 32.2. The van der Waals surface area contributed by atoms with Gasteiger partial charge in [-0.05, 0) is 56.6 Å². The molecule has 2 saturated heterocycles. The Balaban J connectivity index is 1.24. The van der Waals surface area contributed by atoms with E-state index in [9.17, 15) is 22.0 Å². The number of carbonyl (C=O) groups excluding carboxylic acids is 1. The molecule has 3 aliphatic heterocycles. The van der Waals surface area contributed by atoms with E-state index in [1.54, 1.807) is 6.07 Å². The summed E-state index contributed by atoms with van der Waals surface area (Å²) >= 11 is 0. The number of morpholine rings is 1. The maximum absolute atomic E-state index is 13.8. The van der Waals surface area contributed by atoms with E-state index in [1.807, 2.05) is 12.1 Å². The molecule has 230 valence electrons. The summed E-state index contributed by atoms with van der Waals surface area (Å²) in [5.74, 6) is -2.15. The molecule has 0 bridgehead atoms. The average Bonchev–Trinajstić information content (AvgIpc) is 3.68. The van der Waals surface area contributed by atoms with Gasteiger partial charge in [0.1, 0.15) is 11.6 Å². The Morgan fingerprint density at radius 3 is 2.60 bits per heavy atom. The Bertz CT molecular complexity index is 1580. The van der Waals surface area contributed by atoms with Crippen molar-refractivity contribution in [3.63, 3.8) is 0 Å². The fourth-order valence-electron chi connectivity index (χ4n) is 5.93. The number of hydrogen-bond acceptors (Lipinski definition) is 8. The van der Waals surface area contributed by atoms with E-state index in [1.165, 1.54) is 0 Å². The van der Waals surface area contributed by atoms with Gasteiger partial charge in [0, 0.05) is 73.4 Å². The van der Waals surface area contributed by atoms with Crippen LogP contribution in [0.4, 0.5) is 26.0 Å². The van der Waals surface area contributed by atoms with Crippen LogP contribution in [0.25, 0.3) is 0 Å². The number of nitrogens with one attached hydrogen (secondary N) is 4. The summed E-state index contributed by atoms with van der Waals surface area (Å²) in [6.07, 6.45) is 2.44. The topological polar surface area (TPSA) is 132 Å². The number of rotatable bonds is 8. The van der Waals surface area contributed by atoms with Gasteiger partial charge < -0.3 is 25.6 Å². The fraction of sp³-hybridized carbons (Fsp3) is 0.448. The van der Waals surface area contributed by atoms with Gasteiger partial charge in [-0.3, -0.25) is 9.89 Å². The van der Waals surface area contributed by atoms with Crippen LogP contribution in [-0.2, 0) is 27.7 Å². The number of aromatic amines is 1. The molecule has 3 aliphatic rings. The predicted molar refractivity (Wildman–Crippen MR) is 158 cm³/mol. The highest BCUT2D eigenvalue weighted by molar-refractivity contribution is 7.89. The highest BCUT2D eigenvalue weighted by Gasteiger charge is 2.32. The summed E-state index contributed by atoms with van der Waals surface area (Å²) in [5.41, 5.74) is 3.29. The fourth-order valence-corrected chi connectivity index (χ4v) is 7.38. The van der Waals surface area contributed by atoms with E-state index < -0.39 is 32.5 Å². The van der Waals surface area contributed by atoms with Gasteiger partial charge in [0.25, 0.3) is 5.91 Å². The van der Waals surface area contributed by atoms with Gasteiger partial charge in [0.2, 0.25) is 10.0 Å². The Morgan fingerprint density at radius 1 is 1.12 bits per heavy atom. The van der Waals surface area contributed by atoms with Gasteiger partial charge in [0.05, 0.1) is 23.7 Å². The monoisotopic (exact) mass is 615 g/mol. The first kappa shape index (κ1) is 29.5. The lowest BCUT2D eigenvalue weighted by Gasteiger charge is -2.30. The molecule has 0 saturated carbocycles. The summed E-state index contributed by atoms with van der Waals surface area (Å²) in [7, 11) is -4.20. The van der Waals surface area contributed by atoms with Crippen LogP contribution in [0.3, 0.4) is 0 Å². The third kappa shape index (κ3) is 6.23. The minimum Gasteiger partial charge on any atom is -0.380 e. The average molecular weight is 616 g/mol. The highest BCUT2D eigenvalue weighted by Crippen LogP contribution is 2.31. The maximum Gasteiger partial charge on any atom is 0.258 e. The van der Waals surface area contributed by atoms with E-state index in [-0.39, 0.29) is 31.0 Å². The SMILES string of the molecule is C[C@H](Nc1cc(N2CCOCC2)ccc1C(=O)Nc1n[nH]c2c1CN(S(=O)(=O)c1cc(F)cc(F)c1)CC2)C1CCCN1. The lowest BCUT2D eigenvalue weighted by molar-refractivity contribution is 0.102. The molecule has 43 heavy (non-hydrogen) atoms. The molecule has 11 nitrogen and oxygen atoms in total. The van der Waals surface area contributed by atoms with Crippen molar-refractivity contribution in [3.05, 3.63) is 64.9 Å². The van der Waals surface area contributed by atoms with Crippen molar-refractivity contribution in [2.45, 2.75) is 49.7 Å². The first-order valence-electron chi connectivity index (χ1n) is 14.5. The van der Waals surface area contributed by atoms with Crippen molar-refractivity contribution in [1.82, 2.24) is 19.8 Å². The van der Waals surface area contributed by atoms with Gasteiger partial charge >= 0.3 is 0 Å². The second kappa shape index (κ2) is 12.2. The molecular weight excluding hydrogens is 580 g/mol. The second-order valence-electron chi connectivity index (χ2n) is 11.1. The lowest BCUT2D eigenvalue weighted by Crippen LogP contribution is -2.39. The van der Waals surface area contributed by atoms with Crippen molar-refractivity contribution in [1.29, 1.82) is 0 Å². The smallest absolute Gasteiger partial charge is 0.258 e. The zero-order chi connectivity index (χ0) is 30.1. The number of hydrogen-bond donors (Lipinski definition) is 4. The number of fused-ring (bicyclic) bond motifs is 1. The molecule has 14 heteroatoms. The van der Waals surface area contributed by atoms with Crippen LogP contribution in [0.1, 0.15) is 41.4 Å². The standard InChI is InChI=1S/C29H35F2N7O4S/c1-18(25-3-2-7-32-25)33-27-16-21(37-9-11-42-12-10-37)4-5-23(27)29(39)34-28-24-17-38(8-6-26(24)35-36-28)43(40,41)22-14-19(30)13-20(31)15-22/h4-5,13-16,18,25,32-33H,2-3,6-12,17H2,1H3,(H2,34,35,36,39)/t18-,25?/m0/s1. The Labute approximate surface area is 249 Å². The van der Waals surface area contributed by atoms with Crippen molar-refractivity contribution in [2.75, 3.05) is 54.9 Å². The number of carbonyl (C=O) groups is 1. The number of ether oxygens (including phenoxy) is 1. The molecule has 4 heterocycles. The molecule has 3 aromatic rings. The number of anilines is 3. The predicted octanol–water partition coefficient (Wildman–Crippen LogP) is 3.08. The van der Waals surface area contributed by atoms with Crippen LogP contribution in [0, 0.1) is 11.6 Å². The van der Waals surface area contributed by atoms with Crippen LogP contribution >= 0.6 is 0 Å². The van der Waals surface area contributed by atoms with Crippen LogP contribution < -0.4 is 20.9 Å². The normalized spacial score (nSPS) is 20.1. The summed E-state index contributed by atoms with van der Waals surface area (Å²) in [6.45, 7) is 5.81. The lowest BCUT2D eigenvalue weighted by atomic mass is 10.0. The molecule has 2 fully saturated rings. The Hall–Kier alpha value is -3.59. The Kier molecular flexibility index (Phi) is 8.36. The molecule has 1 unspecified atom stereocenters. The summed E-state index contributed by atoms with van der Waals surface area (Å²) in [4.78, 5) is 15.5. The number of benzene rings is 2. The number of sulfonamides is 1. The summed E-state index contributed by atoms with van der Waals surface area (Å²) in [5, 5.41) is 17.1. The second-order valence-corrected chi connectivity index (χ2v) is 13.1. The van der Waals surface area contributed by atoms with E-state index in [2.05, 4.69) is 38.0 Å². The molecule has 2 aromatic carbocycles. The maximum atomic E-state index is 13.8. The third-order valence-corrected chi connectivity index (χ3v) is 10.1. The third-order valence-electron chi connectivity index (χ3n) is 8.31. The van der Waals surface area contributed by atoms with Crippen LogP contribution in [0.5, 0.6) is 0 Å². The zero-order valence-electron chi connectivity index (χ0n) is 23.8. The Morgan fingerprint density at radius 2 is 1.88 bits per heavy atom. The van der Waals surface area contributed by atoms with Crippen molar-refractivity contribution < 1.29 is 26.7 Å². The van der Waals surface area contributed by atoms with E-state index in [0.717, 1.165) is 54.6 Å². The first-order valence-corrected chi connectivity index (χ1v) is 15.9. The van der Waals surface area contributed by atoms with Gasteiger partial charge in [-0.1, -0.05) is 0 Å². The van der Waals surface area contributed by atoms with Crippen molar-refractivity contribution in [3.8, 4) is 0 Å². The minimum atomic E-state index is -4.20. The molecule has 6 rings (SSSR count). The number of halogens is 2. The number of nitrogens with zero attached hydrogens (tertiary/aromatic N) is 3. The van der Waals surface area contributed by atoms with Crippen LogP contribution in [-0.4, -0.2) is 80.3 Å². The molecular formula is C29H35F2N7O4S. The van der Waals surface area contributed by atoms with Crippen LogP contribution in [0.15, 0.2) is 41.3 Å². The number of aromatic nitrogens is 2. The van der Waals surface area contributed by atoms with Crippen molar-refractivity contribution >= 4 is 33.1 Å². The number of H-pyrrole nitrogens is 1. The van der Waals surface area contributed by atoms with E-state index in [4.69, 9.17) is 4.74 Å². The molecule has 0 radical (unpaired) electrons. The molecule has 2 atom stereocenters.